The van der Waals surface area contributed by atoms with Gasteiger partial charge in [-0.2, -0.15) is 0 Å². The molecule has 2 rings (SSSR count). The summed E-state index contributed by atoms with van der Waals surface area (Å²) in [7, 11) is 0. The van der Waals surface area contributed by atoms with Crippen LogP contribution >= 0.6 is 11.8 Å². The third kappa shape index (κ3) is 5.41. The van der Waals surface area contributed by atoms with Gasteiger partial charge in [0.15, 0.2) is 0 Å². The lowest BCUT2D eigenvalue weighted by atomic mass is 10.2. The van der Waals surface area contributed by atoms with E-state index in [1.54, 1.807) is 17.8 Å². The van der Waals surface area contributed by atoms with Crippen LogP contribution in [-0.4, -0.2) is 28.8 Å². The van der Waals surface area contributed by atoms with E-state index in [4.69, 9.17) is 4.52 Å². The summed E-state index contributed by atoms with van der Waals surface area (Å²) in [6.45, 7) is 4.27. The molecule has 0 bridgehead atoms. The molecule has 0 aliphatic rings. The van der Waals surface area contributed by atoms with E-state index in [-0.39, 0.29) is 12.0 Å². The van der Waals surface area contributed by atoms with Crippen molar-refractivity contribution in [1.82, 2.24) is 10.5 Å². The number of benzene rings is 1. The van der Waals surface area contributed by atoms with Gasteiger partial charge in [0.1, 0.15) is 5.76 Å². The Morgan fingerprint density at radius 2 is 2.22 bits per heavy atom. The van der Waals surface area contributed by atoms with Crippen molar-refractivity contribution in [2.24, 2.45) is 0 Å². The van der Waals surface area contributed by atoms with Gasteiger partial charge in [0, 0.05) is 17.5 Å². The van der Waals surface area contributed by atoms with Crippen LogP contribution in [0.5, 0.6) is 0 Å². The second-order valence-electron chi connectivity index (χ2n) is 5.33. The Balaban J connectivity index is 1.94. The van der Waals surface area contributed by atoms with Crippen molar-refractivity contribution in [3.8, 4) is 0 Å². The first-order valence-corrected chi connectivity index (χ1v) is 8.69. The SMILES string of the molecule is CCC(O)CCNC(=O)c1ccccc1SCc1cc(C)no1. The van der Waals surface area contributed by atoms with E-state index in [0.29, 0.717) is 30.7 Å². The Hall–Kier alpha value is -1.79. The van der Waals surface area contributed by atoms with Gasteiger partial charge in [-0.1, -0.05) is 24.2 Å². The van der Waals surface area contributed by atoms with Crippen LogP contribution in [0.15, 0.2) is 39.8 Å². The van der Waals surface area contributed by atoms with Crippen molar-refractivity contribution in [3.05, 3.63) is 47.3 Å². The highest BCUT2D eigenvalue weighted by Crippen LogP contribution is 2.26. The molecule has 1 aromatic heterocycles. The zero-order chi connectivity index (χ0) is 16.7. The van der Waals surface area contributed by atoms with Crippen LogP contribution in [0, 0.1) is 6.92 Å². The number of hydrogen-bond acceptors (Lipinski definition) is 5. The number of carbonyl (C=O) groups is 1. The van der Waals surface area contributed by atoms with Gasteiger partial charge in [0.2, 0.25) is 0 Å². The predicted octanol–water partition coefficient (Wildman–Crippen LogP) is 3.17. The van der Waals surface area contributed by atoms with Crippen LogP contribution in [0.2, 0.25) is 0 Å². The van der Waals surface area contributed by atoms with Crippen LogP contribution < -0.4 is 5.32 Å². The molecule has 1 amide bonds. The summed E-state index contributed by atoms with van der Waals surface area (Å²) in [5.74, 6) is 1.29. The second-order valence-corrected chi connectivity index (χ2v) is 6.34. The average Bonchev–Trinajstić information content (AvgIpc) is 2.98. The number of aliphatic hydroxyl groups excluding tert-OH is 1. The van der Waals surface area contributed by atoms with E-state index in [2.05, 4.69) is 10.5 Å². The number of thioether (sulfide) groups is 1. The number of amides is 1. The molecule has 0 saturated heterocycles. The maximum atomic E-state index is 12.3. The number of carbonyl (C=O) groups excluding carboxylic acids is 1. The number of aromatic nitrogens is 1. The molecule has 5 nitrogen and oxygen atoms in total. The third-order valence-corrected chi connectivity index (χ3v) is 4.51. The van der Waals surface area contributed by atoms with E-state index in [0.717, 1.165) is 16.3 Å². The van der Waals surface area contributed by atoms with Crippen LogP contribution in [0.25, 0.3) is 0 Å². The fourth-order valence-corrected chi connectivity index (χ4v) is 2.99. The van der Waals surface area contributed by atoms with Crippen LogP contribution in [0.4, 0.5) is 0 Å². The van der Waals surface area contributed by atoms with Gasteiger partial charge >= 0.3 is 0 Å². The van der Waals surface area contributed by atoms with E-state index >= 15 is 0 Å². The van der Waals surface area contributed by atoms with Crippen molar-refractivity contribution >= 4 is 17.7 Å². The Morgan fingerprint density at radius 1 is 1.43 bits per heavy atom. The molecule has 0 saturated carbocycles. The zero-order valence-corrected chi connectivity index (χ0v) is 14.2. The first-order valence-electron chi connectivity index (χ1n) is 7.70. The Morgan fingerprint density at radius 3 is 2.91 bits per heavy atom. The number of rotatable bonds is 8. The average molecular weight is 334 g/mol. The summed E-state index contributed by atoms with van der Waals surface area (Å²) < 4.78 is 5.19. The lowest BCUT2D eigenvalue weighted by Crippen LogP contribution is -2.27. The number of nitrogens with zero attached hydrogens (tertiary/aromatic N) is 1. The quantitative estimate of drug-likeness (QED) is 0.725. The molecule has 1 unspecified atom stereocenters. The summed E-state index contributed by atoms with van der Waals surface area (Å²) in [5, 5.41) is 16.3. The molecular weight excluding hydrogens is 312 g/mol. The first-order chi connectivity index (χ1) is 11.1. The van der Waals surface area contributed by atoms with Crippen molar-refractivity contribution in [2.45, 2.75) is 43.4 Å². The smallest absolute Gasteiger partial charge is 0.252 e. The molecule has 0 radical (unpaired) electrons. The van der Waals surface area contributed by atoms with Crippen LogP contribution in [0.3, 0.4) is 0 Å². The van der Waals surface area contributed by atoms with Gasteiger partial charge in [-0.3, -0.25) is 4.79 Å². The molecule has 1 atom stereocenters. The third-order valence-electron chi connectivity index (χ3n) is 3.41. The topological polar surface area (TPSA) is 75.4 Å². The van der Waals surface area contributed by atoms with Crippen molar-refractivity contribution in [3.63, 3.8) is 0 Å². The van der Waals surface area contributed by atoms with Gasteiger partial charge in [0.05, 0.1) is 23.1 Å². The van der Waals surface area contributed by atoms with Gasteiger partial charge in [-0.15, -0.1) is 11.8 Å². The molecule has 2 aromatic rings. The first kappa shape index (κ1) is 17.6. The standard InChI is InChI=1S/C17H22N2O3S/c1-3-13(20)8-9-18-17(21)15-6-4-5-7-16(15)23-11-14-10-12(2)19-22-14/h4-7,10,13,20H,3,8-9,11H2,1-2H3,(H,18,21). The molecule has 1 heterocycles. The molecule has 23 heavy (non-hydrogen) atoms. The van der Waals surface area contributed by atoms with Crippen molar-refractivity contribution < 1.29 is 14.4 Å². The monoisotopic (exact) mass is 334 g/mol. The number of aliphatic hydroxyl groups is 1. The van der Waals surface area contributed by atoms with Crippen LogP contribution in [0.1, 0.15) is 41.6 Å². The maximum absolute atomic E-state index is 12.3. The highest BCUT2D eigenvalue weighted by atomic mass is 32.2. The predicted molar refractivity (Wildman–Crippen MR) is 90.5 cm³/mol. The normalized spacial score (nSPS) is 12.1. The summed E-state index contributed by atoms with van der Waals surface area (Å²) >= 11 is 1.54. The number of hydrogen-bond donors (Lipinski definition) is 2. The lowest BCUT2D eigenvalue weighted by Gasteiger charge is -2.11. The van der Waals surface area contributed by atoms with Crippen molar-refractivity contribution in [2.75, 3.05) is 6.54 Å². The fraction of sp³-hybridized carbons (Fsp3) is 0.412. The minimum atomic E-state index is -0.366. The summed E-state index contributed by atoms with van der Waals surface area (Å²) in [6, 6.07) is 9.37. The molecule has 0 spiro atoms. The highest BCUT2D eigenvalue weighted by molar-refractivity contribution is 7.98. The minimum absolute atomic E-state index is 0.120. The molecule has 0 fully saturated rings. The number of aryl methyl sites for hydroxylation is 1. The molecule has 1 aromatic carbocycles. The molecule has 6 heteroatoms. The van der Waals surface area contributed by atoms with Gasteiger partial charge in [0.25, 0.3) is 5.91 Å². The lowest BCUT2D eigenvalue weighted by molar-refractivity contribution is 0.0939. The zero-order valence-electron chi connectivity index (χ0n) is 13.4. The van der Waals surface area contributed by atoms with Gasteiger partial charge < -0.3 is 14.9 Å². The fourth-order valence-electron chi connectivity index (χ4n) is 2.06. The Kier molecular flexibility index (Phi) is 6.67. The van der Waals surface area contributed by atoms with Gasteiger partial charge in [-0.05, 0) is 31.9 Å². The Bertz CT molecular complexity index is 642. The number of nitrogens with one attached hydrogen (secondary N) is 1. The summed E-state index contributed by atoms with van der Waals surface area (Å²) in [5.41, 5.74) is 1.49. The summed E-state index contributed by atoms with van der Waals surface area (Å²) in [6.07, 6.45) is 0.892. The van der Waals surface area contributed by atoms with E-state index in [1.807, 2.05) is 38.1 Å². The van der Waals surface area contributed by atoms with Gasteiger partial charge in [-0.25, -0.2) is 0 Å². The van der Waals surface area contributed by atoms with Crippen LogP contribution in [-0.2, 0) is 5.75 Å². The largest absolute Gasteiger partial charge is 0.393 e. The van der Waals surface area contributed by atoms with E-state index < -0.39 is 0 Å². The van der Waals surface area contributed by atoms with Crippen molar-refractivity contribution in [1.29, 1.82) is 0 Å². The molecule has 0 aliphatic heterocycles. The second kappa shape index (κ2) is 8.74. The maximum Gasteiger partial charge on any atom is 0.252 e. The van der Waals surface area contributed by atoms with E-state index in [9.17, 15) is 9.90 Å². The molecule has 124 valence electrons. The molecular formula is C17H22N2O3S. The molecule has 2 N–H and O–H groups in total. The minimum Gasteiger partial charge on any atom is -0.393 e. The molecule has 0 aliphatic carbocycles. The summed E-state index contributed by atoms with van der Waals surface area (Å²) in [4.78, 5) is 13.2. The Labute approximate surface area is 140 Å². The van der Waals surface area contributed by atoms with E-state index in [1.165, 1.54) is 0 Å². The highest BCUT2D eigenvalue weighted by Gasteiger charge is 2.12.